The van der Waals surface area contributed by atoms with Gasteiger partial charge in [-0.3, -0.25) is 9.78 Å². The third kappa shape index (κ3) is 5.61. The van der Waals surface area contributed by atoms with E-state index in [-0.39, 0.29) is 6.42 Å². The number of carbonyl (C=O) groups excluding carboxylic acids is 1. The molecule has 3 aromatic rings. The van der Waals surface area contributed by atoms with E-state index in [4.69, 9.17) is 4.74 Å². The standard InChI is InChI=1S/C23H22N2O4S/c26-22(25-21(10-12-30)23(27)28)19-9-8-16(15-29-18-7-4-11-24-14-18)13-20(19)17-5-2-1-3-6-17/h1-9,11,13-14,21,30H,10,12,15H2,(H,25,26)(H,27,28)/t21-/m0/s1. The van der Waals surface area contributed by atoms with Crippen LogP contribution in [0.4, 0.5) is 0 Å². The van der Waals surface area contributed by atoms with Gasteiger partial charge < -0.3 is 15.2 Å². The highest BCUT2D eigenvalue weighted by atomic mass is 32.1. The predicted molar refractivity (Wildman–Crippen MR) is 118 cm³/mol. The molecular formula is C23H22N2O4S. The molecule has 0 bridgehead atoms. The van der Waals surface area contributed by atoms with E-state index in [2.05, 4.69) is 22.9 Å². The lowest BCUT2D eigenvalue weighted by molar-refractivity contribution is -0.139. The Morgan fingerprint density at radius 3 is 2.57 bits per heavy atom. The fourth-order valence-electron chi connectivity index (χ4n) is 2.96. The summed E-state index contributed by atoms with van der Waals surface area (Å²) in [6.07, 6.45) is 3.54. The van der Waals surface area contributed by atoms with Gasteiger partial charge in [0.2, 0.25) is 0 Å². The van der Waals surface area contributed by atoms with E-state index >= 15 is 0 Å². The van der Waals surface area contributed by atoms with Crippen LogP contribution in [0.1, 0.15) is 22.3 Å². The summed E-state index contributed by atoms with van der Waals surface area (Å²) in [7, 11) is 0. The zero-order valence-corrected chi connectivity index (χ0v) is 17.1. The highest BCUT2D eigenvalue weighted by molar-refractivity contribution is 7.80. The highest BCUT2D eigenvalue weighted by Gasteiger charge is 2.22. The van der Waals surface area contributed by atoms with Gasteiger partial charge in [0.25, 0.3) is 5.91 Å². The maximum absolute atomic E-state index is 12.9. The summed E-state index contributed by atoms with van der Waals surface area (Å²) in [4.78, 5) is 28.3. The number of amides is 1. The van der Waals surface area contributed by atoms with Crippen LogP contribution in [0.2, 0.25) is 0 Å². The molecule has 0 spiro atoms. The molecule has 1 amide bonds. The number of aliphatic carboxylic acids is 1. The van der Waals surface area contributed by atoms with Crippen molar-refractivity contribution in [2.24, 2.45) is 0 Å². The smallest absolute Gasteiger partial charge is 0.326 e. The van der Waals surface area contributed by atoms with Crippen molar-refractivity contribution in [3.05, 3.63) is 84.2 Å². The van der Waals surface area contributed by atoms with Crippen LogP contribution in [0, 0.1) is 0 Å². The Morgan fingerprint density at radius 1 is 1.10 bits per heavy atom. The summed E-state index contributed by atoms with van der Waals surface area (Å²) < 4.78 is 5.76. The molecule has 1 atom stereocenters. The lowest BCUT2D eigenvalue weighted by atomic mass is 9.96. The molecule has 0 radical (unpaired) electrons. The number of benzene rings is 2. The van der Waals surface area contributed by atoms with Crippen LogP contribution in [-0.4, -0.2) is 33.8 Å². The van der Waals surface area contributed by atoms with E-state index in [1.54, 1.807) is 30.6 Å². The normalized spacial score (nSPS) is 11.5. The predicted octanol–water partition coefficient (Wildman–Crippen LogP) is 3.83. The summed E-state index contributed by atoms with van der Waals surface area (Å²) in [5, 5.41) is 11.9. The second-order valence-corrected chi connectivity index (χ2v) is 7.05. The van der Waals surface area contributed by atoms with Gasteiger partial charge in [-0.05, 0) is 53.1 Å². The van der Waals surface area contributed by atoms with Crippen molar-refractivity contribution in [2.45, 2.75) is 19.1 Å². The number of carbonyl (C=O) groups is 2. The van der Waals surface area contributed by atoms with Gasteiger partial charge in [0.05, 0.1) is 6.20 Å². The molecule has 0 saturated heterocycles. The number of aromatic nitrogens is 1. The molecule has 1 heterocycles. The van der Waals surface area contributed by atoms with Gasteiger partial charge in [0, 0.05) is 11.8 Å². The first-order valence-electron chi connectivity index (χ1n) is 9.44. The summed E-state index contributed by atoms with van der Waals surface area (Å²) in [6, 6.07) is 17.5. The van der Waals surface area contributed by atoms with Crippen molar-refractivity contribution >= 4 is 24.5 Å². The van der Waals surface area contributed by atoms with Gasteiger partial charge in [0.15, 0.2) is 0 Å². The molecule has 30 heavy (non-hydrogen) atoms. The van der Waals surface area contributed by atoms with Gasteiger partial charge in [-0.2, -0.15) is 12.6 Å². The number of pyridine rings is 1. The van der Waals surface area contributed by atoms with Crippen LogP contribution >= 0.6 is 12.6 Å². The molecule has 2 aromatic carbocycles. The van der Waals surface area contributed by atoms with E-state index in [1.807, 2.05) is 42.5 Å². The summed E-state index contributed by atoms with van der Waals surface area (Å²) in [5.74, 6) is -0.521. The minimum atomic E-state index is -1.08. The van der Waals surface area contributed by atoms with Crippen LogP contribution in [0.15, 0.2) is 73.1 Å². The zero-order chi connectivity index (χ0) is 21.3. The Labute approximate surface area is 180 Å². The average Bonchev–Trinajstić information content (AvgIpc) is 2.78. The first kappa shape index (κ1) is 21.4. The molecule has 7 heteroatoms. The minimum absolute atomic E-state index is 0.238. The van der Waals surface area contributed by atoms with Gasteiger partial charge in [0.1, 0.15) is 18.4 Å². The molecule has 3 rings (SSSR count). The number of carboxylic acids is 1. The summed E-state index contributed by atoms with van der Waals surface area (Å²) >= 11 is 4.08. The van der Waals surface area contributed by atoms with Crippen molar-refractivity contribution in [1.82, 2.24) is 10.3 Å². The zero-order valence-electron chi connectivity index (χ0n) is 16.2. The molecule has 0 fully saturated rings. The number of nitrogens with zero attached hydrogens (tertiary/aromatic N) is 1. The Hall–Kier alpha value is -3.32. The van der Waals surface area contributed by atoms with Crippen molar-refractivity contribution in [3.63, 3.8) is 0 Å². The highest BCUT2D eigenvalue weighted by Crippen LogP contribution is 2.26. The monoisotopic (exact) mass is 422 g/mol. The first-order valence-corrected chi connectivity index (χ1v) is 10.1. The van der Waals surface area contributed by atoms with E-state index in [0.29, 0.717) is 29.2 Å². The molecule has 1 aromatic heterocycles. The van der Waals surface area contributed by atoms with E-state index in [9.17, 15) is 14.7 Å². The molecule has 0 unspecified atom stereocenters. The number of rotatable bonds is 9. The summed E-state index contributed by atoms with van der Waals surface area (Å²) in [6.45, 7) is 0.310. The molecule has 0 aliphatic heterocycles. The lowest BCUT2D eigenvalue weighted by Crippen LogP contribution is -2.41. The van der Waals surface area contributed by atoms with Crippen molar-refractivity contribution < 1.29 is 19.4 Å². The second-order valence-electron chi connectivity index (χ2n) is 6.60. The SMILES string of the molecule is O=C(N[C@@H](CCS)C(=O)O)c1ccc(COc2cccnc2)cc1-c1ccccc1. The van der Waals surface area contributed by atoms with Crippen LogP contribution in [0.3, 0.4) is 0 Å². The van der Waals surface area contributed by atoms with Gasteiger partial charge in [-0.25, -0.2) is 4.79 Å². The number of ether oxygens (including phenoxy) is 1. The van der Waals surface area contributed by atoms with Crippen LogP contribution in [0.5, 0.6) is 5.75 Å². The van der Waals surface area contributed by atoms with Crippen molar-refractivity contribution in [3.8, 4) is 16.9 Å². The van der Waals surface area contributed by atoms with Gasteiger partial charge in [-0.15, -0.1) is 0 Å². The molecule has 6 nitrogen and oxygen atoms in total. The maximum atomic E-state index is 12.9. The number of thiol groups is 1. The molecule has 0 aliphatic carbocycles. The molecule has 154 valence electrons. The number of carboxylic acid groups (broad SMARTS) is 1. The Balaban J connectivity index is 1.88. The lowest BCUT2D eigenvalue weighted by Gasteiger charge is -2.16. The second kappa shape index (κ2) is 10.5. The quantitative estimate of drug-likeness (QED) is 0.456. The van der Waals surface area contributed by atoms with Crippen LogP contribution in [-0.2, 0) is 11.4 Å². The Kier molecular flexibility index (Phi) is 7.45. The Bertz CT molecular complexity index is 997. The third-order valence-electron chi connectivity index (χ3n) is 4.47. The van der Waals surface area contributed by atoms with Crippen molar-refractivity contribution in [2.75, 3.05) is 5.75 Å². The van der Waals surface area contributed by atoms with Crippen molar-refractivity contribution in [1.29, 1.82) is 0 Å². The van der Waals surface area contributed by atoms with E-state index < -0.39 is 17.9 Å². The van der Waals surface area contributed by atoms with Gasteiger partial charge in [-0.1, -0.05) is 36.4 Å². The van der Waals surface area contributed by atoms with Gasteiger partial charge >= 0.3 is 5.97 Å². The fourth-order valence-corrected chi connectivity index (χ4v) is 3.22. The largest absolute Gasteiger partial charge is 0.487 e. The maximum Gasteiger partial charge on any atom is 0.326 e. The minimum Gasteiger partial charge on any atom is -0.487 e. The third-order valence-corrected chi connectivity index (χ3v) is 4.73. The van der Waals surface area contributed by atoms with E-state index in [0.717, 1.165) is 11.1 Å². The van der Waals surface area contributed by atoms with Crippen LogP contribution in [0.25, 0.3) is 11.1 Å². The molecule has 0 aliphatic rings. The van der Waals surface area contributed by atoms with E-state index in [1.165, 1.54) is 0 Å². The van der Waals surface area contributed by atoms with Crippen LogP contribution < -0.4 is 10.1 Å². The molecule has 2 N–H and O–H groups in total. The Morgan fingerprint density at radius 2 is 1.90 bits per heavy atom. The molecule has 0 saturated carbocycles. The molecular weight excluding hydrogens is 400 g/mol. The number of hydrogen-bond donors (Lipinski definition) is 3. The number of hydrogen-bond acceptors (Lipinski definition) is 5. The fraction of sp³-hybridized carbons (Fsp3) is 0.174. The summed E-state index contributed by atoms with van der Waals surface area (Å²) in [5.41, 5.74) is 2.83. The number of nitrogens with one attached hydrogen (secondary N) is 1. The topological polar surface area (TPSA) is 88.5 Å². The average molecular weight is 423 g/mol. The first-order chi connectivity index (χ1) is 14.6.